The van der Waals surface area contributed by atoms with E-state index in [0.717, 1.165) is 5.70 Å². The summed E-state index contributed by atoms with van der Waals surface area (Å²) in [5.74, 6) is 0. The average Bonchev–Trinajstić information content (AvgIpc) is 1.65. The lowest BCUT2D eigenvalue weighted by molar-refractivity contribution is 0.263. The Kier molecular flexibility index (Phi) is 3.35. The zero-order valence-corrected chi connectivity index (χ0v) is 5.83. The molecule has 0 radical (unpaired) electrons. The molecule has 0 rings (SSSR count). The summed E-state index contributed by atoms with van der Waals surface area (Å²) >= 11 is 3.50. The zero-order valence-electron chi connectivity index (χ0n) is 4.93. The molecule has 1 N–H and O–H groups in total. The number of nitrogens with one attached hydrogen (secondary N) is 1. The number of hydrogen-bond acceptors (Lipinski definition) is 1. The van der Waals surface area contributed by atoms with Crippen LogP contribution in [0.5, 0.6) is 0 Å². The topological polar surface area (TPSA) is 29.1 Å². The molecule has 0 aromatic carbocycles. The van der Waals surface area contributed by atoms with E-state index in [-0.39, 0.29) is 5.24 Å². The molecule has 0 aromatic rings. The molecule has 8 heavy (non-hydrogen) atoms. The lowest BCUT2D eigenvalue weighted by atomic mass is 10.5. The van der Waals surface area contributed by atoms with E-state index in [1.807, 2.05) is 6.92 Å². The Morgan fingerprint density at radius 1 is 1.75 bits per heavy atom. The van der Waals surface area contributed by atoms with Gasteiger partial charge in [-0.1, -0.05) is 18.7 Å². The highest BCUT2D eigenvalue weighted by Crippen LogP contribution is 1.86. The van der Waals surface area contributed by atoms with Crippen LogP contribution in [0.25, 0.3) is 0 Å². The van der Waals surface area contributed by atoms with Crippen molar-refractivity contribution in [1.82, 2.24) is 5.32 Å². The Balaban J connectivity index is 3.56. The van der Waals surface area contributed by atoms with Crippen LogP contribution in [0.1, 0.15) is 13.8 Å². The van der Waals surface area contributed by atoms with Crippen LogP contribution < -0.4 is 5.32 Å². The van der Waals surface area contributed by atoms with Gasteiger partial charge in [-0.05, 0) is 13.8 Å². The summed E-state index contributed by atoms with van der Waals surface area (Å²) < 4.78 is 0. The van der Waals surface area contributed by atoms with E-state index >= 15 is 0 Å². The van der Waals surface area contributed by atoms with E-state index in [2.05, 4.69) is 17.9 Å². The fraction of sp³-hybridized carbons (Fsp3) is 0.400. The molecule has 2 nitrogen and oxygen atoms in total. The van der Waals surface area contributed by atoms with Gasteiger partial charge in [-0.15, -0.1) is 0 Å². The van der Waals surface area contributed by atoms with Crippen molar-refractivity contribution in [2.24, 2.45) is 0 Å². The predicted molar refractivity (Wildman–Crippen MR) is 36.9 cm³/mol. The van der Waals surface area contributed by atoms with E-state index in [1.54, 1.807) is 13.0 Å². The summed E-state index contributed by atoms with van der Waals surface area (Å²) in [6, 6.07) is 0. The molecule has 0 saturated heterocycles. The summed E-state index contributed by atoms with van der Waals surface area (Å²) in [6.45, 7) is 3.65. The van der Waals surface area contributed by atoms with Crippen LogP contribution in [0.3, 0.4) is 0 Å². The Morgan fingerprint density at radius 3 is 2.38 bits per heavy atom. The lowest BCUT2D eigenvalue weighted by Crippen LogP contribution is -2.12. The van der Waals surface area contributed by atoms with Crippen molar-refractivity contribution < 1.29 is 4.79 Å². The first-order valence-corrected chi connectivity index (χ1v) is 2.74. The smallest absolute Gasteiger partial charge is 0.280 e. The van der Waals surface area contributed by atoms with E-state index in [4.69, 9.17) is 0 Å². The first-order valence-electron chi connectivity index (χ1n) is 2.29. The summed E-state index contributed by atoms with van der Waals surface area (Å²) in [4.78, 5) is 10.1. The third kappa shape index (κ3) is 3.74. The number of amides is 1. The Hall–Kier alpha value is -0.440. The van der Waals surface area contributed by atoms with Gasteiger partial charge in [0.25, 0.3) is 5.24 Å². The van der Waals surface area contributed by atoms with E-state index in [9.17, 15) is 4.79 Å². The lowest BCUT2D eigenvalue weighted by Gasteiger charge is -1.95. The van der Waals surface area contributed by atoms with E-state index in [0.29, 0.717) is 0 Å². The minimum absolute atomic E-state index is 0.319. The number of carbonyl (C=O) groups excluding carboxylic acids is 1. The van der Waals surface area contributed by atoms with Crippen molar-refractivity contribution in [3.8, 4) is 0 Å². The molecule has 0 spiro atoms. The average molecular weight is 131 g/mol. The van der Waals surface area contributed by atoms with Gasteiger partial charge in [0, 0.05) is 5.70 Å². The number of allylic oxidation sites excluding steroid dienone is 2. The van der Waals surface area contributed by atoms with Crippen molar-refractivity contribution in [2.75, 3.05) is 0 Å². The molecular weight excluding hydrogens is 122 g/mol. The van der Waals surface area contributed by atoms with Crippen LogP contribution in [-0.4, -0.2) is 5.24 Å². The highest BCUT2D eigenvalue weighted by atomic mass is 32.1. The fourth-order valence-electron chi connectivity index (χ4n) is 0.241. The maximum absolute atomic E-state index is 10.1. The molecule has 0 bridgehead atoms. The molecule has 1 amide bonds. The molecule has 0 heterocycles. The van der Waals surface area contributed by atoms with Gasteiger partial charge in [0.2, 0.25) is 0 Å². The number of carbonyl (C=O) groups is 1. The molecular formula is C5H9NOS. The highest BCUT2D eigenvalue weighted by molar-refractivity contribution is 7.96. The SMILES string of the molecule is C/C=C(/C)NC(=O)S. The first-order chi connectivity index (χ1) is 3.66. The van der Waals surface area contributed by atoms with Crippen LogP contribution in [0, 0.1) is 0 Å². The normalized spacial score (nSPS) is 11.1. The standard InChI is InChI=1S/C5H9NOS/c1-3-4(2)6-5(7)8/h3H,1-2H3,(H2,6,7,8)/b4-3-. The third-order valence-corrected chi connectivity index (χ3v) is 0.849. The molecule has 0 aromatic heterocycles. The second-order valence-corrected chi connectivity index (χ2v) is 1.81. The number of thiol groups is 1. The van der Waals surface area contributed by atoms with E-state index in [1.165, 1.54) is 0 Å². The van der Waals surface area contributed by atoms with Crippen molar-refractivity contribution in [3.63, 3.8) is 0 Å². The second-order valence-electron chi connectivity index (χ2n) is 1.40. The maximum Gasteiger partial charge on any atom is 0.280 e. The van der Waals surface area contributed by atoms with Crippen LogP contribution in [0.4, 0.5) is 4.79 Å². The highest BCUT2D eigenvalue weighted by Gasteiger charge is 1.88. The molecule has 0 aliphatic rings. The van der Waals surface area contributed by atoms with Crippen LogP contribution >= 0.6 is 12.6 Å². The van der Waals surface area contributed by atoms with Crippen LogP contribution in [0.2, 0.25) is 0 Å². The Bertz CT molecular complexity index is 120. The largest absolute Gasteiger partial charge is 0.321 e. The van der Waals surface area contributed by atoms with Gasteiger partial charge in [-0.25, -0.2) is 0 Å². The predicted octanol–water partition coefficient (Wildman–Crippen LogP) is 1.55. The summed E-state index contributed by atoms with van der Waals surface area (Å²) in [6.07, 6.45) is 1.80. The van der Waals surface area contributed by atoms with E-state index < -0.39 is 0 Å². The molecule has 0 atom stereocenters. The molecule has 0 saturated carbocycles. The van der Waals surface area contributed by atoms with Crippen LogP contribution in [0.15, 0.2) is 11.8 Å². The molecule has 0 aliphatic heterocycles. The fourth-order valence-corrected chi connectivity index (χ4v) is 0.417. The van der Waals surface area contributed by atoms with Gasteiger partial charge < -0.3 is 5.32 Å². The molecule has 3 heteroatoms. The molecule has 0 aliphatic carbocycles. The van der Waals surface area contributed by atoms with Gasteiger partial charge in [0.1, 0.15) is 0 Å². The Morgan fingerprint density at radius 2 is 2.25 bits per heavy atom. The van der Waals surface area contributed by atoms with Crippen LogP contribution in [-0.2, 0) is 0 Å². The third-order valence-electron chi connectivity index (χ3n) is 0.737. The minimum atomic E-state index is -0.319. The van der Waals surface area contributed by atoms with Gasteiger partial charge in [0.15, 0.2) is 0 Å². The first kappa shape index (κ1) is 7.56. The van der Waals surface area contributed by atoms with Crippen molar-refractivity contribution in [2.45, 2.75) is 13.8 Å². The van der Waals surface area contributed by atoms with Crippen molar-refractivity contribution >= 4 is 17.9 Å². The molecule has 46 valence electrons. The zero-order chi connectivity index (χ0) is 6.57. The Labute approximate surface area is 54.4 Å². The molecule has 0 fully saturated rings. The van der Waals surface area contributed by atoms with Crippen molar-refractivity contribution in [1.29, 1.82) is 0 Å². The van der Waals surface area contributed by atoms with Gasteiger partial charge in [-0.3, -0.25) is 4.79 Å². The second kappa shape index (κ2) is 3.55. The van der Waals surface area contributed by atoms with Gasteiger partial charge >= 0.3 is 0 Å². The van der Waals surface area contributed by atoms with Crippen molar-refractivity contribution in [3.05, 3.63) is 11.8 Å². The maximum atomic E-state index is 10.1. The number of rotatable bonds is 1. The summed E-state index contributed by atoms with van der Waals surface area (Å²) in [5, 5.41) is 2.16. The number of hydrogen-bond donors (Lipinski definition) is 2. The summed E-state index contributed by atoms with van der Waals surface area (Å²) in [7, 11) is 0. The van der Waals surface area contributed by atoms with Gasteiger partial charge in [-0.2, -0.15) is 0 Å². The minimum Gasteiger partial charge on any atom is -0.321 e. The summed E-state index contributed by atoms with van der Waals surface area (Å²) in [5.41, 5.74) is 0.824. The monoisotopic (exact) mass is 131 g/mol. The quantitative estimate of drug-likeness (QED) is 0.519. The molecule has 0 unspecified atom stereocenters. The van der Waals surface area contributed by atoms with Gasteiger partial charge in [0.05, 0.1) is 0 Å².